The number of pyridine rings is 1. The minimum atomic E-state index is -0.0299. The second kappa shape index (κ2) is 9.88. The summed E-state index contributed by atoms with van der Waals surface area (Å²) in [7, 11) is 0. The summed E-state index contributed by atoms with van der Waals surface area (Å²) in [6, 6.07) is 14.1. The number of hydrogen-bond acceptors (Lipinski definition) is 3. The van der Waals surface area contributed by atoms with Crippen molar-refractivity contribution in [2.24, 2.45) is 11.8 Å². The van der Waals surface area contributed by atoms with Crippen molar-refractivity contribution in [2.45, 2.75) is 51.0 Å². The summed E-state index contributed by atoms with van der Waals surface area (Å²) in [6.07, 6.45) is 10.9. The predicted octanol–water partition coefficient (Wildman–Crippen LogP) is 4.37. The number of carbonyl (C=O) groups excluding carboxylic acids is 2. The Bertz CT molecular complexity index is 826. The number of benzene rings is 1. The first kappa shape index (κ1) is 20.6. The Morgan fingerprint density at radius 2 is 1.67 bits per heavy atom. The number of aromatic nitrogens is 1. The molecule has 5 nitrogen and oxygen atoms in total. The molecule has 1 aromatic heterocycles. The highest BCUT2D eigenvalue weighted by atomic mass is 16.2. The SMILES string of the molecule is O=C(N[C@@H](c1ccccc1)C1CCCCC1)C1CCN(C(=O)c2cccnc2)CC1. The quantitative estimate of drug-likeness (QED) is 0.803. The van der Waals surface area contributed by atoms with E-state index in [1.54, 1.807) is 24.5 Å². The molecule has 1 saturated carbocycles. The number of nitrogens with zero attached hydrogens (tertiary/aromatic N) is 2. The Labute approximate surface area is 178 Å². The van der Waals surface area contributed by atoms with Crippen molar-refractivity contribution < 1.29 is 9.59 Å². The standard InChI is InChI=1S/C25H31N3O2/c29-24(21-13-16-28(17-14-21)25(30)22-12-7-15-26-18-22)27-23(19-8-3-1-4-9-19)20-10-5-2-6-11-20/h1,3-4,7-9,12,15,18,20-21,23H,2,5-6,10-11,13-14,16-17H2,(H,27,29)/t23-/m0/s1. The van der Waals surface area contributed by atoms with Crippen LogP contribution in [0.25, 0.3) is 0 Å². The fraction of sp³-hybridized carbons (Fsp3) is 0.480. The second-order valence-corrected chi connectivity index (χ2v) is 8.60. The molecule has 1 saturated heterocycles. The highest BCUT2D eigenvalue weighted by molar-refractivity contribution is 5.94. The van der Waals surface area contributed by atoms with E-state index < -0.39 is 0 Å². The van der Waals surface area contributed by atoms with Crippen molar-refractivity contribution in [3.8, 4) is 0 Å². The molecule has 0 unspecified atom stereocenters. The zero-order chi connectivity index (χ0) is 20.8. The lowest BCUT2D eigenvalue weighted by molar-refractivity contribution is -0.127. The third-order valence-corrected chi connectivity index (χ3v) is 6.64. The summed E-state index contributed by atoms with van der Waals surface area (Å²) in [6.45, 7) is 1.23. The molecule has 0 spiro atoms. The van der Waals surface area contributed by atoms with Gasteiger partial charge in [0.25, 0.3) is 5.91 Å². The number of piperidine rings is 1. The maximum atomic E-state index is 13.1. The molecule has 1 aliphatic heterocycles. The summed E-state index contributed by atoms with van der Waals surface area (Å²) >= 11 is 0. The van der Waals surface area contributed by atoms with E-state index in [1.165, 1.54) is 37.7 Å². The number of rotatable bonds is 5. The summed E-state index contributed by atoms with van der Waals surface area (Å²) in [5, 5.41) is 3.40. The van der Waals surface area contributed by atoms with E-state index >= 15 is 0 Å². The number of amides is 2. The molecular formula is C25H31N3O2. The van der Waals surface area contributed by atoms with Gasteiger partial charge in [0.15, 0.2) is 0 Å². The fourth-order valence-electron chi connectivity index (χ4n) is 4.89. The van der Waals surface area contributed by atoms with Crippen molar-refractivity contribution in [3.05, 3.63) is 66.0 Å². The molecule has 0 bridgehead atoms. The molecule has 2 heterocycles. The molecular weight excluding hydrogens is 374 g/mol. The van der Waals surface area contributed by atoms with E-state index in [1.807, 2.05) is 11.0 Å². The van der Waals surface area contributed by atoms with Gasteiger partial charge in [0.2, 0.25) is 5.91 Å². The zero-order valence-electron chi connectivity index (χ0n) is 17.5. The van der Waals surface area contributed by atoms with Crippen LogP contribution in [0.15, 0.2) is 54.9 Å². The normalized spacial score (nSPS) is 19.3. The Morgan fingerprint density at radius 3 is 2.33 bits per heavy atom. The zero-order valence-corrected chi connectivity index (χ0v) is 17.5. The van der Waals surface area contributed by atoms with Gasteiger partial charge in [-0.15, -0.1) is 0 Å². The number of nitrogens with one attached hydrogen (secondary N) is 1. The van der Waals surface area contributed by atoms with Gasteiger partial charge in [-0.2, -0.15) is 0 Å². The van der Waals surface area contributed by atoms with Gasteiger partial charge in [-0.05, 0) is 49.3 Å². The third-order valence-electron chi connectivity index (χ3n) is 6.64. The van der Waals surface area contributed by atoms with E-state index in [2.05, 4.69) is 34.6 Å². The van der Waals surface area contributed by atoms with Crippen LogP contribution in [0.5, 0.6) is 0 Å². The molecule has 1 atom stereocenters. The second-order valence-electron chi connectivity index (χ2n) is 8.60. The van der Waals surface area contributed by atoms with Crippen LogP contribution in [0.2, 0.25) is 0 Å². The van der Waals surface area contributed by atoms with E-state index in [4.69, 9.17) is 0 Å². The predicted molar refractivity (Wildman–Crippen MR) is 117 cm³/mol. The minimum Gasteiger partial charge on any atom is -0.349 e. The maximum Gasteiger partial charge on any atom is 0.255 e. The van der Waals surface area contributed by atoms with Crippen molar-refractivity contribution >= 4 is 11.8 Å². The van der Waals surface area contributed by atoms with Crippen LogP contribution < -0.4 is 5.32 Å². The molecule has 4 rings (SSSR count). The molecule has 2 fully saturated rings. The van der Waals surface area contributed by atoms with E-state index in [0.717, 1.165) is 0 Å². The van der Waals surface area contributed by atoms with Gasteiger partial charge in [0, 0.05) is 31.4 Å². The van der Waals surface area contributed by atoms with Gasteiger partial charge in [-0.3, -0.25) is 14.6 Å². The molecule has 0 radical (unpaired) electrons. The molecule has 30 heavy (non-hydrogen) atoms. The van der Waals surface area contributed by atoms with E-state index in [0.29, 0.717) is 37.4 Å². The van der Waals surface area contributed by atoms with Crippen LogP contribution >= 0.6 is 0 Å². The van der Waals surface area contributed by atoms with Crippen molar-refractivity contribution in [3.63, 3.8) is 0 Å². The Morgan fingerprint density at radius 1 is 0.933 bits per heavy atom. The first-order valence-electron chi connectivity index (χ1n) is 11.3. The lowest BCUT2D eigenvalue weighted by Crippen LogP contribution is -2.44. The molecule has 2 aliphatic rings. The lowest BCUT2D eigenvalue weighted by atomic mass is 9.80. The molecule has 2 amide bonds. The van der Waals surface area contributed by atoms with Crippen molar-refractivity contribution in [1.82, 2.24) is 15.2 Å². The van der Waals surface area contributed by atoms with E-state index in [9.17, 15) is 9.59 Å². The highest BCUT2D eigenvalue weighted by Crippen LogP contribution is 2.35. The smallest absolute Gasteiger partial charge is 0.255 e. The average molecular weight is 406 g/mol. The van der Waals surface area contributed by atoms with Crippen LogP contribution in [0.1, 0.15) is 66.9 Å². The van der Waals surface area contributed by atoms with Gasteiger partial charge in [-0.25, -0.2) is 0 Å². The molecule has 1 aliphatic carbocycles. The summed E-state index contributed by atoms with van der Waals surface area (Å²) in [5.41, 5.74) is 1.82. The minimum absolute atomic E-state index is 0.00586. The largest absolute Gasteiger partial charge is 0.349 e. The van der Waals surface area contributed by atoms with Crippen LogP contribution in [0, 0.1) is 11.8 Å². The molecule has 2 aromatic rings. The molecule has 1 N–H and O–H groups in total. The molecule has 5 heteroatoms. The summed E-state index contributed by atoms with van der Waals surface area (Å²) in [4.78, 5) is 31.7. The van der Waals surface area contributed by atoms with Crippen molar-refractivity contribution in [2.75, 3.05) is 13.1 Å². The maximum absolute atomic E-state index is 13.1. The Balaban J connectivity index is 1.37. The number of carbonyl (C=O) groups is 2. The van der Waals surface area contributed by atoms with Crippen molar-refractivity contribution in [1.29, 1.82) is 0 Å². The Kier molecular flexibility index (Phi) is 6.77. The van der Waals surface area contributed by atoms with Gasteiger partial charge in [0.1, 0.15) is 0 Å². The first-order chi connectivity index (χ1) is 14.7. The van der Waals surface area contributed by atoms with Gasteiger partial charge in [0.05, 0.1) is 11.6 Å². The van der Waals surface area contributed by atoms with Crippen LogP contribution in [-0.4, -0.2) is 34.8 Å². The Hall–Kier alpha value is -2.69. The third kappa shape index (κ3) is 4.89. The molecule has 158 valence electrons. The van der Waals surface area contributed by atoms with E-state index in [-0.39, 0.29) is 23.8 Å². The lowest BCUT2D eigenvalue weighted by Gasteiger charge is -2.35. The average Bonchev–Trinajstić information content (AvgIpc) is 2.83. The highest BCUT2D eigenvalue weighted by Gasteiger charge is 2.32. The fourth-order valence-corrected chi connectivity index (χ4v) is 4.89. The van der Waals surface area contributed by atoms with Crippen LogP contribution in [0.4, 0.5) is 0 Å². The van der Waals surface area contributed by atoms with Crippen LogP contribution in [0.3, 0.4) is 0 Å². The van der Waals surface area contributed by atoms with Gasteiger partial charge < -0.3 is 10.2 Å². The topological polar surface area (TPSA) is 62.3 Å². The van der Waals surface area contributed by atoms with Gasteiger partial charge >= 0.3 is 0 Å². The summed E-state index contributed by atoms with van der Waals surface area (Å²) < 4.78 is 0. The number of likely N-dealkylation sites (tertiary alicyclic amines) is 1. The number of hydrogen-bond donors (Lipinski definition) is 1. The van der Waals surface area contributed by atoms with Crippen LogP contribution in [-0.2, 0) is 4.79 Å². The van der Waals surface area contributed by atoms with Gasteiger partial charge in [-0.1, -0.05) is 49.6 Å². The summed E-state index contributed by atoms with van der Waals surface area (Å²) in [5.74, 6) is 0.629. The molecule has 1 aromatic carbocycles. The monoisotopic (exact) mass is 405 g/mol. The first-order valence-corrected chi connectivity index (χ1v) is 11.3.